The molecule has 0 fully saturated rings. The molecule has 0 bridgehead atoms. The molecule has 46 heavy (non-hydrogen) atoms. The minimum Gasteiger partial charge on any atom is -0.452 e. The van der Waals surface area contributed by atoms with Gasteiger partial charge in [-0.25, -0.2) is 0 Å². The summed E-state index contributed by atoms with van der Waals surface area (Å²) in [5.41, 5.74) is 5.89. The molecule has 0 saturated carbocycles. The highest BCUT2D eigenvalue weighted by Gasteiger charge is 2.36. The van der Waals surface area contributed by atoms with Crippen molar-refractivity contribution in [1.29, 1.82) is 0 Å². The number of benzene rings is 5. The van der Waals surface area contributed by atoms with Crippen molar-refractivity contribution in [3.8, 4) is 11.5 Å². The van der Waals surface area contributed by atoms with E-state index in [-0.39, 0.29) is 12.2 Å². The molecular weight excluding hydrogens is 570 g/mol. The minimum atomic E-state index is -0.107. The van der Waals surface area contributed by atoms with Gasteiger partial charge in [-0.1, -0.05) is 99.8 Å². The summed E-state index contributed by atoms with van der Waals surface area (Å²) < 4.78 is 20.9. The van der Waals surface area contributed by atoms with Crippen molar-refractivity contribution in [3.05, 3.63) is 102 Å². The van der Waals surface area contributed by atoms with E-state index in [9.17, 15) is 0 Å². The molecule has 3 atom stereocenters. The van der Waals surface area contributed by atoms with E-state index in [1.54, 1.807) is 0 Å². The molecule has 1 aromatic heterocycles. The maximum atomic E-state index is 6.99. The van der Waals surface area contributed by atoms with Crippen molar-refractivity contribution in [1.82, 2.24) is 10.6 Å². The summed E-state index contributed by atoms with van der Waals surface area (Å²) >= 11 is 0. The highest BCUT2D eigenvalue weighted by molar-refractivity contribution is 6.03. The van der Waals surface area contributed by atoms with Gasteiger partial charge in [0.05, 0.1) is 11.9 Å². The average Bonchev–Trinajstić information content (AvgIpc) is 3.42. The van der Waals surface area contributed by atoms with Gasteiger partial charge in [0.15, 0.2) is 11.3 Å². The Kier molecular flexibility index (Phi) is 8.57. The van der Waals surface area contributed by atoms with Gasteiger partial charge in [0.1, 0.15) is 16.9 Å². The van der Waals surface area contributed by atoms with E-state index in [2.05, 4.69) is 85.3 Å². The first-order valence-electron chi connectivity index (χ1n) is 16.7. The lowest BCUT2D eigenvalue weighted by molar-refractivity contribution is 0.457. The van der Waals surface area contributed by atoms with Crippen LogP contribution in [0.2, 0.25) is 0 Å². The van der Waals surface area contributed by atoms with E-state index in [0.717, 1.165) is 68.2 Å². The third-order valence-electron chi connectivity index (χ3n) is 9.41. The fourth-order valence-corrected chi connectivity index (χ4v) is 6.87. The molecule has 5 aromatic carbocycles. The fraction of sp³-hybridized carbons (Fsp3) is 0.300. The zero-order chi connectivity index (χ0) is 31.6. The fourth-order valence-electron chi connectivity index (χ4n) is 6.87. The molecule has 1 aliphatic heterocycles. The molecule has 0 saturated heterocycles. The smallest absolute Gasteiger partial charge is 0.214 e. The Morgan fingerprint density at radius 1 is 0.804 bits per heavy atom. The zero-order valence-electron chi connectivity index (χ0n) is 27.2. The molecular formula is C40H43N3O3. The van der Waals surface area contributed by atoms with Crippen LogP contribution in [0.15, 0.2) is 99.8 Å². The van der Waals surface area contributed by atoms with Crippen LogP contribution < -0.4 is 20.7 Å². The van der Waals surface area contributed by atoms with Crippen LogP contribution >= 0.6 is 0 Å². The van der Waals surface area contributed by atoms with Crippen molar-refractivity contribution in [2.75, 3.05) is 18.9 Å². The van der Waals surface area contributed by atoms with E-state index < -0.39 is 0 Å². The number of para-hydroxylation sites is 2. The van der Waals surface area contributed by atoms with E-state index >= 15 is 0 Å². The molecule has 0 amide bonds. The van der Waals surface area contributed by atoms with Gasteiger partial charge in [-0.2, -0.15) is 0 Å². The van der Waals surface area contributed by atoms with Gasteiger partial charge in [0, 0.05) is 34.5 Å². The first kappa shape index (κ1) is 30.2. The van der Waals surface area contributed by atoms with Crippen molar-refractivity contribution >= 4 is 49.6 Å². The summed E-state index contributed by atoms with van der Waals surface area (Å²) in [6.45, 7) is 7.56. The van der Waals surface area contributed by atoms with Crippen molar-refractivity contribution in [2.24, 2.45) is 5.92 Å². The normalized spacial score (nSPS) is 16.6. The average molecular weight is 614 g/mol. The van der Waals surface area contributed by atoms with Crippen LogP contribution in [0.1, 0.15) is 69.8 Å². The van der Waals surface area contributed by atoms with Gasteiger partial charge in [-0.3, -0.25) is 5.32 Å². The van der Waals surface area contributed by atoms with Gasteiger partial charge in [0.2, 0.25) is 5.58 Å². The van der Waals surface area contributed by atoms with E-state index in [1.165, 1.54) is 19.3 Å². The standard InChI is InChI=1S/C40H43N3O3/c1-5-7-14-26(6-2)24-42-36-35-34(25(3)43-40(35)41-4)37-39(38(36)44-29-22-21-27-15-8-9-16-28(27)23-29)46-33-20-13-11-18-31(33)30-17-10-12-19-32(30)45-37/h8-13,15-23,25-26,40-43H,5-7,14,24H2,1-4H3. The van der Waals surface area contributed by atoms with Gasteiger partial charge in [0.25, 0.3) is 0 Å². The Balaban J connectivity index is 1.56. The van der Waals surface area contributed by atoms with Crippen LogP contribution in [0.3, 0.4) is 0 Å². The molecule has 1 aliphatic rings. The van der Waals surface area contributed by atoms with E-state index in [4.69, 9.17) is 13.6 Å². The van der Waals surface area contributed by atoms with Gasteiger partial charge >= 0.3 is 0 Å². The van der Waals surface area contributed by atoms with Gasteiger partial charge in [-0.05, 0) is 61.3 Å². The summed E-state index contributed by atoms with van der Waals surface area (Å²) in [4.78, 5) is 0. The Morgan fingerprint density at radius 3 is 2.17 bits per heavy atom. The largest absolute Gasteiger partial charge is 0.452 e. The predicted octanol–water partition coefficient (Wildman–Crippen LogP) is 10.9. The third kappa shape index (κ3) is 5.57. The quantitative estimate of drug-likeness (QED) is 0.143. The lowest BCUT2D eigenvalue weighted by Gasteiger charge is -2.23. The summed E-state index contributed by atoms with van der Waals surface area (Å²) in [6.07, 6.45) is 4.59. The highest BCUT2D eigenvalue weighted by atomic mass is 16.5. The molecule has 236 valence electrons. The molecule has 6 heteroatoms. The van der Waals surface area contributed by atoms with E-state index in [0.29, 0.717) is 22.8 Å². The third-order valence-corrected chi connectivity index (χ3v) is 9.41. The Labute approximate surface area is 270 Å². The number of fused-ring (bicyclic) bond motifs is 7. The number of anilines is 1. The summed E-state index contributed by atoms with van der Waals surface area (Å²) in [5.74, 6) is 1.90. The number of rotatable bonds is 10. The molecule has 6 aromatic rings. The summed E-state index contributed by atoms with van der Waals surface area (Å²) in [6, 6.07) is 30.9. The van der Waals surface area contributed by atoms with Crippen molar-refractivity contribution in [2.45, 2.75) is 58.7 Å². The maximum Gasteiger partial charge on any atom is 0.214 e. The Morgan fingerprint density at radius 2 is 1.48 bits per heavy atom. The second-order valence-corrected chi connectivity index (χ2v) is 12.4. The number of hydrogen-bond acceptors (Lipinski definition) is 6. The van der Waals surface area contributed by atoms with Crippen molar-refractivity contribution < 1.29 is 13.6 Å². The molecule has 0 spiro atoms. The van der Waals surface area contributed by atoms with Crippen molar-refractivity contribution in [3.63, 3.8) is 0 Å². The lowest BCUT2D eigenvalue weighted by Crippen LogP contribution is -2.27. The van der Waals surface area contributed by atoms with Crippen LogP contribution in [-0.4, -0.2) is 13.6 Å². The van der Waals surface area contributed by atoms with Gasteiger partial charge in [-0.15, -0.1) is 0 Å². The molecule has 0 radical (unpaired) electrons. The lowest BCUT2D eigenvalue weighted by atomic mass is 9.97. The number of nitrogens with one attached hydrogen (secondary N) is 3. The van der Waals surface area contributed by atoms with Crippen LogP contribution in [0.4, 0.5) is 5.69 Å². The molecule has 7 rings (SSSR count). The molecule has 3 N–H and O–H groups in total. The van der Waals surface area contributed by atoms with E-state index in [1.807, 2.05) is 49.5 Å². The van der Waals surface area contributed by atoms with Crippen LogP contribution in [0.5, 0.6) is 11.5 Å². The summed E-state index contributed by atoms with van der Waals surface area (Å²) in [7, 11) is 1.99. The Bertz CT molecular complexity index is 2080. The van der Waals surface area contributed by atoms with Crippen LogP contribution in [0.25, 0.3) is 43.9 Å². The first-order chi connectivity index (χ1) is 22.6. The first-order valence-corrected chi connectivity index (χ1v) is 16.7. The molecule has 6 nitrogen and oxygen atoms in total. The summed E-state index contributed by atoms with van der Waals surface area (Å²) in [5, 5.41) is 15.4. The predicted molar refractivity (Wildman–Crippen MR) is 190 cm³/mol. The number of ether oxygens (including phenoxy) is 1. The monoisotopic (exact) mass is 613 g/mol. The SMILES string of the molecule is CCCCC(CC)CNc1c2c(c3oc4ccccc4c4ccccc4oc3c1Oc1ccc3ccccc3c1)C(C)NC2NC. The second-order valence-electron chi connectivity index (χ2n) is 12.4. The van der Waals surface area contributed by atoms with Crippen LogP contribution in [-0.2, 0) is 0 Å². The highest BCUT2D eigenvalue weighted by Crippen LogP contribution is 2.50. The maximum absolute atomic E-state index is 6.99. The number of unbranched alkanes of at least 4 members (excludes halogenated alkanes) is 1. The van der Waals surface area contributed by atoms with Gasteiger partial charge < -0.3 is 24.2 Å². The van der Waals surface area contributed by atoms with Crippen LogP contribution in [0, 0.1) is 5.92 Å². The molecule has 0 aliphatic carbocycles. The zero-order valence-corrected chi connectivity index (χ0v) is 27.2. The minimum absolute atomic E-state index is 0.00367. The topological polar surface area (TPSA) is 71.6 Å². The second kappa shape index (κ2) is 13.1. The molecule has 2 heterocycles. The molecule has 3 unspecified atom stereocenters. The number of hydrogen-bond donors (Lipinski definition) is 3. The Hall–Kier alpha value is -4.52.